The summed E-state index contributed by atoms with van der Waals surface area (Å²) in [7, 11) is -0.627. The Bertz CT molecular complexity index is 1540. The van der Waals surface area contributed by atoms with Crippen LogP contribution in [0.4, 0.5) is 10.5 Å². The molecule has 0 bridgehead atoms. The van der Waals surface area contributed by atoms with Gasteiger partial charge in [0.2, 0.25) is 0 Å². The number of hydrogen-bond donors (Lipinski definition) is 0. The van der Waals surface area contributed by atoms with Gasteiger partial charge in [0.05, 0.1) is 16.8 Å². The van der Waals surface area contributed by atoms with Crippen molar-refractivity contribution in [1.29, 1.82) is 0 Å². The molecule has 3 aromatic carbocycles. The summed E-state index contributed by atoms with van der Waals surface area (Å²) in [4.78, 5) is 30.4. The lowest BCUT2D eigenvalue weighted by Crippen LogP contribution is -2.49. The third kappa shape index (κ3) is 6.20. The van der Waals surface area contributed by atoms with E-state index in [1.54, 1.807) is 11.0 Å². The van der Waals surface area contributed by atoms with Crippen molar-refractivity contribution in [3.05, 3.63) is 83.4 Å². The van der Waals surface area contributed by atoms with Crippen molar-refractivity contribution in [3.63, 3.8) is 0 Å². The molecule has 2 fully saturated rings. The lowest BCUT2D eigenvalue weighted by Gasteiger charge is -2.36. The minimum Gasteiger partial charge on any atom is -0.456 e. The molecule has 45 heavy (non-hydrogen) atoms. The van der Waals surface area contributed by atoms with E-state index in [-0.39, 0.29) is 12.0 Å². The number of anilines is 1. The predicted octanol–water partition coefficient (Wildman–Crippen LogP) is 6.01. The highest BCUT2D eigenvalue weighted by atomic mass is 16.7. The molecule has 0 atom stereocenters. The van der Waals surface area contributed by atoms with Crippen LogP contribution in [0.25, 0.3) is 11.1 Å². The summed E-state index contributed by atoms with van der Waals surface area (Å²) in [5.74, 6) is -0.383. The number of ether oxygens (including phenoxy) is 2. The van der Waals surface area contributed by atoms with Crippen LogP contribution in [0, 0.1) is 0 Å². The maximum absolute atomic E-state index is 13.2. The van der Waals surface area contributed by atoms with E-state index in [9.17, 15) is 9.59 Å². The SMILES string of the molecule is CC(C)(C)OC(=O)c1cc(B2OC(C)(C)C(C)(C)O2)cc(N2CCN(C(=O)OCC3c4ccccc4-c4ccccc43)CC2)c1. The van der Waals surface area contributed by atoms with Gasteiger partial charge in [-0.3, -0.25) is 0 Å². The van der Waals surface area contributed by atoms with Gasteiger partial charge in [-0.1, -0.05) is 48.5 Å². The average molecular weight is 611 g/mol. The fourth-order valence-corrected chi connectivity index (χ4v) is 6.22. The molecular weight excluding hydrogens is 567 g/mol. The highest BCUT2D eigenvalue weighted by molar-refractivity contribution is 6.62. The lowest BCUT2D eigenvalue weighted by molar-refractivity contribution is 0.00578. The van der Waals surface area contributed by atoms with Gasteiger partial charge >= 0.3 is 19.2 Å². The molecule has 0 N–H and O–H groups in total. The fourth-order valence-electron chi connectivity index (χ4n) is 6.22. The Balaban J connectivity index is 1.15. The number of carbonyl (C=O) groups excluding carboxylic acids is 2. The van der Waals surface area contributed by atoms with Crippen LogP contribution in [0.5, 0.6) is 0 Å². The molecule has 6 rings (SSSR count). The average Bonchev–Trinajstić information content (AvgIpc) is 3.43. The van der Waals surface area contributed by atoms with Gasteiger partial charge < -0.3 is 28.6 Å². The van der Waals surface area contributed by atoms with Crippen molar-refractivity contribution < 1.29 is 28.4 Å². The number of carbonyl (C=O) groups is 2. The molecule has 9 heteroatoms. The molecule has 3 aliphatic rings. The van der Waals surface area contributed by atoms with Crippen molar-refractivity contribution in [3.8, 4) is 11.1 Å². The van der Waals surface area contributed by atoms with E-state index in [0.717, 1.165) is 11.2 Å². The predicted molar refractivity (Wildman–Crippen MR) is 176 cm³/mol. The van der Waals surface area contributed by atoms with Gasteiger partial charge in [-0.15, -0.1) is 0 Å². The summed E-state index contributed by atoms with van der Waals surface area (Å²) >= 11 is 0. The monoisotopic (exact) mass is 610 g/mol. The van der Waals surface area contributed by atoms with E-state index in [1.807, 2.05) is 84.9 Å². The van der Waals surface area contributed by atoms with Gasteiger partial charge in [-0.25, -0.2) is 9.59 Å². The van der Waals surface area contributed by atoms with Gasteiger partial charge in [-0.05, 0) is 94.4 Å². The summed E-state index contributed by atoms with van der Waals surface area (Å²) in [5, 5.41) is 0. The van der Waals surface area contributed by atoms with E-state index in [2.05, 4.69) is 29.2 Å². The first-order chi connectivity index (χ1) is 21.2. The maximum atomic E-state index is 13.2. The first kappa shape index (κ1) is 31.2. The molecule has 3 aromatic rings. The molecule has 1 aliphatic carbocycles. The summed E-state index contributed by atoms with van der Waals surface area (Å²) in [6, 6.07) is 22.3. The van der Waals surface area contributed by atoms with Crippen molar-refractivity contribution in [2.45, 2.75) is 71.2 Å². The highest BCUT2D eigenvalue weighted by Gasteiger charge is 2.52. The Kier molecular flexibility index (Phi) is 7.98. The molecule has 0 aromatic heterocycles. The van der Waals surface area contributed by atoms with Gasteiger partial charge in [0, 0.05) is 37.8 Å². The Morgan fingerprint density at radius 2 is 1.40 bits per heavy atom. The summed E-state index contributed by atoms with van der Waals surface area (Å²) in [6.07, 6.45) is -0.308. The second kappa shape index (κ2) is 11.5. The molecule has 0 unspecified atom stereocenters. The number of nitrogens with zero attached hydrogens (tertiary/aromatic N) is 2. The quantitative estimate of drug-likeness (QED) is 0.259. The van der Waals surface area contributed by atoms with Gasteiger partial charge in [0.25, 0.3) is 0 Å². The Morgan fingerprint density at radius 3 is 1.96 bits per heavy atom. The minimum atomic E-state index is -0.633. The topological polar surface area (TPSA) is 77.5 Å². The molecule has 8 nitrogen and oxygen atoms in total. The summed E-state index contributed by atoms with van der Waals surface area (Å²) < 4.78 is 24.3. The number of amides is 1. The van der Waals surface area contributed by atoms with Crippen LogP contribution < -0.4 is 10.4 Å². The lowest BCUT2D eigenvalue weighted by atomic mass is 9.78. The number of fused-ring (bicyclic) bond motifs is 3. The van der Waals surface area contributed by atoms with E-state index < -0.39 is 29.9 Å². The molecular formula is C36H43BN2O6. The number of piperazine rings is 1. The third-order valence-corrected chi connectivity index (χ3v) is 9.34. The van der Waals surface area contributed by atoms with Crippen LogP contribution in [0.2, 0.25) is 0 Å². The second-order valence-corrected chi connectivity index (χ2v) is 14.2. The maximum Gasteiger partial charge on any atom is 0.494 e. The van der Waals surface area contributed by atoms with Crippen molar-refractivity contribution in [1.82, 2.24) is 4.90 Å². The standard InChI is InChI=1S/C36H43BN2O6/c1-34(2,3)43-32(40)24-20-25(37-44-35(4,5)36(6,7)45-37)22-26(21-24)38-16-18-39(19-17-38)33(41)42-23-31-29-14-10-8-12-27(29)28-13-9-11-15-30(28)31/h8-15,20-22,31H,16-19,23H2,1-7H3. The van der Waals surface area contributed by atoms with Crippen LogP contribution in [0.15, 0.2) is 66.7 Å². The summed E-state index contributed by atoms with van der Waals surface area (Å²) in [6.45, 7) is 16.1. The number of rotatable bonds is 5. The Morgan fingerprint density at radius 1 is 0.844 bits per heavy atom. The third-order valence-electron chi connectivity index (χ3n) is 9.34. The van der Waals surface area contributed by atoms with Crippen LogP contribution >= 0.6 is 0 Å². The molecule has 0 radical (unpaired) electrons. The molecule has 0 saturated carbocycles. The number of esters is 1. The number of hydrogen-bond acceptors (Lipinski definition) is 7. The fraction of sp³-hybridized carbons (Fsp3) is 0.444. The zero-order chi connectivity index (χ0) is 32.1. The molecule has 2 aliphatic heterocycles. The zero-order valence-corrected chi connectivity index (χ0v) is 27.4. The first-order valence-electron chi connectivity index (χ1n) is 15.8. The Labute approximate surface area is 266 Å². The van der Waals surface area contributed by atoms with E-state index in [4.69, 9.17) is 18.8 Å². The summed E-state index contributed by atoms with van der Waals surface area (Å²) in [5.41, 5.74) is 5.17. The normalized spacial score (nSPS) is 18.9. The van der Waals surface area contributed by atoms with Gasteiger partial charge in [0.1, 0.15) is 12.2 Å². The van der Waals surface area contributed by atoms with Gasteiger partial charge in [0.15, 0.2) is 0 Å². The highest BCUT2D eigenvalue weighted by Crippen LogP contribution is 2.44. The van der Waals surface area contributed by atoms with E-state index in [0.29, 0.717) is 38.3 Å². The van der Waals surface area contributed by atoms with Crippen LogP contribution in [-0.4, -0.2) is 73.7 Å². The smallest absolute Gasteiger partial charge is 0.456 e. The molecule has 1 amide bonds. The van der Waals surface area contributed by atoms with Crippen molar-refractivity contribution in [2.75, 3.05) is 37.7 Å². The molecule has 2 saturated heterocycles. The van der Waals surface area contributed by atoms with E-state index in [1.165, 1.54) is 22.3 Å². The Hall–Kier alpha value is -3.82. The van der Waals surface area contributed by atoms with Crippen molar-refractivity contribution in [2.24, 2.45) is 0 Å². The van der Waals surface area contributed by atoms with Crippen molar-refractivity contribution >= 4 is 30.3 Å². The molecule has 236 valence electrons. The van der Waals surface area contributed by atoms with Crippen LogP contribution in [-0.2, 0) is 18.8 Å². The van der Waals surface area contributed by atoms with Crippen LogP contribution in [0.1, 0.15) is 75.9 Å². The number of benzene rings is 3. The largest absolute Gasteiger partial charge is 0.494 e. The molecule has 0 spiro atoms. The molecule has 2 heterocycles. The van der Waals surface area contributed by atoms with Gasteiger partial charge in [-0.2, -0.15) is 0 Å². The minimum absolute atomic E-state index is 0.0200. The second-order valence-electron chi connectivity index (χ2n) is 14.2. The van der Waals surface area contributed by atoms with Crippen LogP contribution in [0.3, 0.4) is 0 Å². The zero-order valence-electron chi connectivity index (χ0n) is 27.4. The van der Waals surface area contributed by atoms with E-state index >= 15 is 0 Å². The first-order valence-corrected chi connectivity index (χ1v) is 15.8.